The summed E-state index contributed by atoms with van der Waals surface area (Å²) in [7, 11) is 0. The molecule has 206 valence electrons. The van der Waals surface area contributed by atoms with Crippen LogP contribution >= 0.6 is 0 Å². The monoisotopic (exact) mass is 530 g/mol. The summed E-state index contributed by atoms with van der Waals surface area (Å²) < 4.78 is 10.7. The van der Waals surface area contributed by atoms with Gasteiger partial charge in [0.25, 0.3) is 5.91 Å². The van der Waals surface area contributed by atoms with Crippen LogP contribution in [-0.4, -0.2) is 24.4 Å². The molecule has 0 spiro atoms. The van der Waals surface area contributed by atoms with Crippen molar-refractivity contribution in [3.8, 4) is 11.5 Å². The van der Waals surface area contributed by atoms with E-state index in [1.165, 1.54) is 30.6 Å². The smallest absolute Gasteiger partial charge is 0.308 e. The van der Waals surface area contributed by atoms with Gasteiger partial charge in [0.05, 0.1) is 22.6 Å². The summed E-state index contributed by atoms with van der Waals surface area (Å²) in [4.78, 5) is 38.8. The highest BCUT2D eigenvalue weighted by molar-refractivity contribution is 6.14. The molecule has 1 heterocycles. The molecule has 0 aromatic heterocycles. The van der Waals surface area contributed by atoms with E-state index in [0.29, 0.717) is 34.9 Å². The van der Waals surface area contributed by atoms with E-state index in [4.69, 9.17) is 9.47 Å². The van der Waals surface area contributed by atoms with E-state index in [0.717, 1.165) is 25.7 Å². The number of anilines is 3. The molecular formula is C32H38N2O5. The van der Waals surface area contributed by atoms with E-state index in [2.05, 4.69) is 45.2 Å². The van der Waals surface area contributed by atoms with Crippen LogP contribution in [0.25, 0.3) is 0 Å². The van der Waals surface area contributed by atoms with Crippen LogP contribution in [0.15, 0.2) is 71.3 Å². The summed E-state index contributed by atoms with van der Waals surface area (Å²) in [5.41, 5.74) is 5.85. The highest BCUT2D eigenvalue weighted by atomic mass is 16.5. The molecule has 0 bridgehead atoms. The maximum Gasteiger partial charge on any atom is 0.308 e. The number of carbonyl (C=O) groups is 3. The number of amides is 1. The summed E-state index contributed by atoms with van der Waals surface area (Å²) >= 11 is 0. The summed E-state index contributed by atoms with van der Waals surface area (Å²) in [5, 5.41) is 3.26. The molecular weight excluding hydrogens is 492 g/mol. The molecule has 2 aromatic rings. The van der Waals surface area contributed by atoms with Crippen LogP contribution in [0.5, 0.6) is 11.5 Å². The molecule has 1 amide bonds. The fourth-order valence-corrected chi connectivity index (χ4v) is 4.30. The van der Waals surface area contributed by atoms with Crippen molar-refractivity contribution >= 4 is 34.9 Å². The Morgan fingerprint density at radius 3 is 2.18 bits per heavy atom. The van der Waals surface area contributed by atoms with E-state index in [1.54, 1.807) is 41.3 Å². The van der Waals surface area contributed by atoms with E-state index in [1.807, 2.05) is 6.08 Å². The Hall–Kier alpha value is -4.13. The molecule has 1 aliphatic heterocycles. The van der Waals surface area contributed by atoms with Gasteiger partial charge in [0.15, 0.2) is 5.75 Å². The van der Waals surface area contributed by atoms with Gasteiger partial charge in [0.1, 0.15) is 5.75 Å². The number of benzene rings is 2. The second kappa shape index (κ2) is 13.6. The van der Waals surface area contributed by atoms with Gasteiger partial charge in [0.2, 0.25) is 0 Å². The molecule has 1 aliphatic rings. The predicted octanol–water partition coefficient (Wildman–Crippen LogP) is 7.66. The molecule has 39 heavy (non-hydrogen) atoms. The topological polar surface area (TPSA) is 84.9 Å². The predicted molar refractivity (Wildman–Crippen MR) is 156 cm³/mol. The van der Waals surface area contributed by atoms with Gasteiger partial charge in [0, 0.05) is 26.5 Å². The fourth-order valence-electron chi connectivity index (χ4n) is 4.30. The number of allylic oxidation sites excluding steroid dienone is 5. The second-order valence-corrected chi connectivity index (χ2v) is 10.0. The van der Waals surface area contributed by atoms with Crippen molar-refractivity contribution in [1.82, 2.24) is 0 Å². The number of nitrogens with one attached hydrogen (secondary N) is 1. The Morgan fingerprint density at radius 2 is 1.51 bits per heavy atom. The zero-order chi connectivity index (χ0) is 28.5. The molecule has 0 saturated carbocycles. The Bertz CT molecular complexity index is 1330. The minimum Gasteiger partial charge on any atom is -0.427 e. The van der Waals surface area contributed by atoms with Crippen molar-refractivity contribution in [1.29, 1.82) is 0 Å². The lowest BCUT2D eigenvalue weighted by Crippen LogP contribution is -2.30. The zero-order valence-corrected chi connectivity index (χ0v) is 23.7. The molecule has 0 saturated heterocycles. The lowest BCUT2D eigenvalue weighted by molar-refractivity contribution is -0.132. The average molecular weight is 531 g/mol. The summed E-state index contributed by atoms with van der Waals surface area (Å²) in [5.74, 6) is -0.590. The Labute approximate surface area is 231 Å². The summed E-state index contributed by atoms with van der Waals surface area (Å²) in [6.07, 6.45) is 10.5. The third-order valence-electron chi connectivity index (χ3n) is 6.28. The lowest BCUT2D eigenvalue weighted by Gasteiger charge is -2.22. The largest absolute Gasteiger partial charge is 0.427 e. The first-order chi connectivity index (χ1) is 18.5. The van der Waals surface area contributed by atoms with Crippen LogP contribution in [0, 0.1) is 0 Å². The number of rotatable bonds is 10. The molecule has 0 atom stereocenters. The maximum atomic E-state index is 13.8. The van der Waals surface area contributed by atoms with Crippen LogP contribution in [-0.2, 0) is 9.59 Å². The average Bonchev–Trinajstić information content (AvgIpc) is 2.96. The fraction of sp³-hybridized carbons (Fsp3) is 0.344. The number of nitrogens with zero attached hydrogens (tertiary/aromatic N) is 1. The van der Waals surface area contributed by atoms with Gasteiger partial charge in [-0.1, -0.05) is 41.0 Å². The molecule has 7 heteroatoms. The number of hydrogen-bond acceptors (Lipinski definition) is 6. The number of carbonyl (C=O) groups excluding carboxylic acids is 3. The molecule has 2 aromatic carbocycles. The first-order valence-corrected chi connectivity index (χ1v) is 13.2. The van der Waals surface area contributed by atoms with Gasteiger partial charge in [-0.25, -0.2) is 0 Å². The van der Waals surface area contributed by atoms with Crippen LogP contribution in [0.3, 0.4) is 0 Å². The van der Waals surface area contributed by atoms with Crippen LogP contribution < -0.4 is 19.7 Å². The molecule has 1 N–H and O–H groups in total. The molecule has 0 fully saturated rings. The van der Waals surface area contributed by atoms with Gasteiger partial charge in [-0.2, -0.15) is 0 Å². The van der Waals surface area contributed by atoms with Crippen LogP contribution in [0.1, 0.15) is 77.6 Å². The molecule has 0 radical (unpaired) electrons. The standard InChI is InChI=1S/C32H38N2O5/c1-21(2)10-7-11-22(3)12-8-13-23(4)18-19-34-29-20-26(38-24(5)35)16-17-28(29)33-31-27(32(34)37)14-9-15-30(31)39-25(6)36/h9-10,12,14-18,20,33H,7-8,11,13,19H2,1-6H3/b22-12+,23-18+. The minimum absolute atomic E-state index is 0.260. The first-order valence-electron chi connectivity index (χ1n) is 13.2. The highest BCUT2D eigenvalue weighted by Crippen LogP contribution is 2.41. The molecule has 0 aliphatic carbocycles. The molecule has 0 unspecified atom stereocenters. The number of esters is 2. The third kappa shape index (κ3) is 8.43. The van der Waals surface area contributed by atoms with Gasteiger partial charge >= 0.3 is 11.9 Å². The van der Waals surface area contributed by atoms with E-state index >= 15 is 0 Å². The normalized spacial score (nSPS) is 13.1. The van der Waals surface area contributed by atoms with E-state index < -0.39 is 11.9 Å². The SMILES string of the molecule is CC(=O)Oc1ccc2c(c1)N(C/C=C(\C)CC/C=C(\C)CCC=C(C)C)C(=O)c1cccc(OC(C)=O)c1N2. The first kappa shape index (κ1) is 29.4. The van der Waals surface area contributed by atoms with Crippen molar-refractivity contribution in [3.63, 3.8) is 0 Å². The quantitative estimate of drug-likeness (QED) is 0.193. The number of fused-ring (bicyclic) bond motifs is 2. The number of para-hydroxylation sites is 1. The van der Waals surface area contributed by atoms with Crippen molar-refractivity contribution < 1.29 is 23.9 Å². The van der Waals surface area contributed by atoms with Crippen molar-refractivity contribution in [2.24, 2.45) is 0 Å². The van der Waals surface area contributed by atoms with Gasteiger partial charge in [-0.05, 0) is 77.6 Å². The number of hydrogen-bond donors (Lipinski definition) is 1. The van der Waals surface area contributed by atoms with Crippen molar-refractivity contribution in [2.75, 3.05) is 16.8 Å². The van der Waals surface area contributed by atoms with Crippen LogP contribution in [0.4, 0.5) is 17.1 Å². The van der Waals surface area contributed by atoms with Gasteiger partial charge < -0.3 is 19.7 Å². The highest BCUT2D eigenvalue weighted by Gasteiger charge is 2.29. The van der Waals surface area contributed by atoms with Crippen molar-refractivity contribution in [2.45, 2.75) is 67.2 Å². The minimum atomic E-state index is -0.482. The lowest BCUT2D eigenvalue weighted by atomic mass is 10.1. The number of ether oxygens (including phenoxy) is 2. The second-order valence-electron chi connectivity index (χ2n) is 10.0. The summed E-state index contributed by atoms with van der Waals surface area (Å²) in [6.45, 7) is 11.4. The van der Waals surface area contributed by atoms with E-state index in [9.17, 15) is 14.4 Å². The van der Waals surface area contributed by atoms with Gasteiger partial charge in [-0.3, -0.25) is 14.4 Å². The molecule has 7 nitrogen and oxygen atoms in total. The van der Waals surface area contributed by atoms with Crippen molar-refractivity contribution in [3.05, 3.63) is 76.9 Å². The Kier molecular flexibility index (Phi) is 10.3. The Morgan fingerprint density at radius 1 is 0.846 bits per heavy atom. The molecule has 3 rings (SSSR count). The zero-order valence-electron chi connectivity index (χ0n) is 23.7. The van der Waals surface area contributed by atoms with E-state index in [-0.39, 0.29) is 11.7 Å². The van der Waals surface area contributed by atoms with Crippen LogP contribution in [0.2, 0.25) is 0 Å². The third-order valence-corrected chi connectivity index (χ3v) is 6.28. The van der Waals surface area contributed by atoms with Gasteiger partial charge in [-0.15, -0.1) is 0 Å². The Balaban J connectivity index is 1.88. The summed E-state index contributed by atoms with van der Waals surface area (Å²) in [6, 6.07) is 10.1. The maximum absolute atomic E-state index is 13.8.